The molecule has 0 bridgehead atoms. The molecule has 0 aliphatic heterocycles. The topological polar surface area (TPSA) is 157 Å². The summed E-state index contributed by atoms with van der Waals surface area (Å²) in [4.78, 5) is 31.2. The van der Waals surface area contributed by atoms with E-state index < -0.39 is 11.9 Å². The molecule has 0 unspecified atom stereocenters. The summed E-state index contributed by atoms with van der Waals surface area (Å²) in [5.74, 6) is -0.101. The number of amides is 3. The zero-order valence-electron chi connectivity index (χ0n) is 12.6. The largest absolute Gasteiger partial charge is 0.497 e. The number of nitrogens with zero attached hydrogens (tertiary/aromatic N) is 2. The van der Waals surface area contributed by atoms with Crippen molar-refractivity contribution < 1.29 is 14.3 Å². The molecule has 0 fully saturated rings. The van der Waals surface area contributed by atoms with Crippen LogP contribution in [-0.4, -0.2) is 30.0 Å². The van der Waals surface area contributed by atoms with Crippen molar-refractivity contribution in [3.8, 4) is 5.75 Å². The van der Waals surface area contributed by atoms with Crippen LogP contribution < -0.4 is 32.4 Å². The fourth-order valence-electron chi connectivity index (χ4n) is 1.54. The van der Waals surface area contributed by atoms with E-state index in [4.69, 9.17) is 16.2 Å². The molecule has 0 saturated carbocycles. The van der Waals surface area contributed by atoms with Gasteiger partial charge in [0.15, 0.2) is 5.96 Å². The first-order chi connectivity index (χ1) is 11.5. The Kier molecular flexibility index (Phi) is 5.52. The second kappa shape index (κ2) is 7.78. The Morgan fingerprint density at radius 3 is 2.54 bits per heavy atom. The number of hydrogen-bond acceptors (Lipinski definition) is 6. The van der Waals surface area contributed by atoms with Gasteiger partial charge in [0.1, 0.15) is 11.4 Å². The number of ether oxygens (including phenoxy) is 1. The number of aliphatic imine (C=N–C) groups is 1. The van der Waals surface area contributed by atoms with E-state index in [2.05, 4.69) is 26.1 Å². The van der Waals surface area contributed by atoms with Crippen LogP contribution in [0.5, 0.6) is 5.75 Å². The molecule has 3 amide bonds. The summed E-state index contributed by atoms with van der Waals surface area (Å²) in [6.07, 6.45) is 0. The number of carbonyl (C=O) groups is 2. The maximum atomic E-state index is 11.8. The average molecular weight is 349 g/mol. The van der Waals surface area contributed by atoms with Crippen molar-refractivity contribution in [2.75, 3.05) is 12.4 Å². The van der Waals surface area contributed by atoms with Crippen LogP contribution in [0.25, 0.3) is 0 Å². The molecule has 1 aromatic heterocycles. The zero-order chi connectivity index (χ0) is 17.5. The number of hydrazine groups is 1. The van der Waals surface area contributed by atoms with Crippen LogP contribution in [0.4, 0.5) is 15.6 Å². The van der Waals surface area contributed by atoms with Gasteiger partial charge >= 0.3 is 6.03 Å². The normalized spacial score (nSPS) is 9.71. The Morgan fingerprint density at radius 1 is 1.21 bits per heavy atom. The van der Waals surface area contributed by atoms with Crippen molar-refractivity contribution in [2.45, 2.75) is 0 Å². The number of nitrogens with one attached hydrogen (secondary N) is 3. The minimum Gasteiger partial charge on any atom is -0.497 e. The molecule has 10 nitrogen and oxygen atoms in total. The zero-order valence-corrected chi connectivity index (χ0v) is 13.4. The van der Waals surface area contributed by atoms with Gasteiger partial charge < -0.3 is 21.5 Å². The molecule has 0 aliphatic rings. The molecule has 11 heteroatoms. The quantitative estimate of drug-likeness (QED) is 0.308. The van der Waals surface area contributed by atoms with Crippen LogP contribution >= 0.6 is 11.3 Å². The fraction of sp³-hybridized carbons (Fsp3) is 0.0769. The van der Waals surface area contributed by atoms with Gasteiger partial charge in [-0.2, -0.15) is 4.99 Å². The molecule has 0 radical (unpaired) electrons. The van der Waals surface area contributed by atoms with Gasteiger partial charge in [-0.25, -0.2) is 15.2 Å². The third-order valence-electron chi connectivity index (χ3n) is 2.59. The SMILES string of the molecule is COc1ccc(NC(=O)NNC(=O)c2csc(N=C(N)N)n2)cc1. The van der Waals surface area contributed by atoms with E-state index >= 15 is 0 Å². The Labute approximate surface area is 140 Å². The van der Waals surface area contributed by atoms with Crippen LogP contribution in [-0.2, 0) is 0 Å². The van der Waals surface area contributed by atoms with E-state index in [-0.39, 0.29) is 16.8 Å². The number of urea groups is 1. The lowest BCUT2D eigenvalue weighted by Crippen LogP contribution is -2.44. The lowest BCUT2D eigenvalue weighted by atomic mass is 10.3. The number of thiazole rings is 1. The van der Waals surface area contributed by atoms with Gasteiger partial charge in [-0.15, -0.1) is 11.3 Å². The number of hydrogen-bond donors (Lipinski definition) is 5. The molecule has 0 spiro atoms. The smallest absolute Gasteiger partial charge is 0.337 e. The maximum Gasteiger partial charge on any atom is 0.337 e. The Balaban J connectivity index is 1.85. The maximum absolute atomic E-state index is 11.8. The lowest BCUT2D eigenvalue weighted by Gasteiger charge is -2.08. The molecular formula is C13H15N7O3S. The molecule has 24 heavy (non-hydrogen) atoms. The van der Waals surface area contributed by atoms with E-state index in [1.54, 1.807) is 31.4 Å². The second-order valence-corrected chi connectivity index (χ2v) is 5.15. The van der Waals surface area contributed by atoms with Gasteiger partial charge in [0.05, 0.1) is 7.11 Å². The van der Waals surface area contributed by atoms with Crippen molar-refractivity contribution in [3.05, 3.63) is 35.3 Å². The molecule has 7 N–H and O–H groups in total. The average Bonchev–Trinajstić information content (AvgIpc) is 3.01. The standard InChI is InChI=1S/C13H15N7O3S/c1-23-8-4-2-7(3-5-8)16-12(22)20-19-10(21)9-6-24-13(17-9)18-11(14)15/h2-6H,1H3,(H,19,21)(H2,16,20,22)(H4,14,15,17,18). The van der Waals surface area contributed by atoms with Gasteiger partial charge in [-0.1, -0.05) is 0 Å². The molecule has 0 atom stereocenters. The summed E-state index contributed by atoms with van der Waals surface area (Å²) in [5.41, 5.74) is 15.5. The van der Waals surface area contributed by atoms with Crippen LogP contribution in [0.15, 0.2) is 34.6 Å². The number of nitrogens with two attached hydrogens (primary N) is 2. The lowest BCUT2D eigenvalue weighted by molar-refractivity contribution is 0.0933. The van der Waals surface area contributed by atoms with Crippen LogP contribution in [0.1, 0.15) is 10.5 Å². The van der Waals surface area contributed by atoms with Crippen LogP contribution in [0.2, 0.25) is 0 Å². The highest BCUT2D eigenvalue weighted by molar-refractivity contribution is 7.13. The predicted molar refractivity (Wildman–Crippen MR) is 90.2 cm³/mol. The highest BCUT2D eigenvalue weighted by atomic mass is 32.1. The molecule has 0 aliphatic carbocycles. The summed E-state index contributed by atoms with van der Waals surface area (Å²) < 4.78 is 5.01. The van der Waals surface area contributed by atoms with E-state index in [0.29, 0.717) is 11.4 Å². The highest BCUT2D eigenvalue weighted by Crippen LogP contribution is 2.18. The highest BCUT2D eigenvalue weighted by Gasteiger charge is 2.11. The number of anilines is 1. The van der Waals surface area contributed by atoms with Crippen LogP contribution in [0.3, 0.4) is 0 Å². The molecule has 0 saturated heterocycles. The minimum absolute atomic E-state index is 0.0738. The monoisotopic (exact) mass is 349 g/mol. The summed E-state index contributed by atoms with van der Waals surface area (Å²) in [6, 6.07) is 6.07. The molecule has 1 heterocycles. The Morgan fingerprint density at radius 2 is 1.92 bits per heavy atom. The van der Waals surface area contributed by atoms with E-state index in [1.807, 2.05) is 0 Å². The van der Waals surface area contributed by atoms with E-state index in [9.17, 15) is 9.59 Å². The third-order valence-corrected chi connectivity index (χ3v) is 3.32. The molecule has 2 aromatic rings. The fourth-order valence-corrected chi connectivity index (χ4v) is 2.23. The van der Waals surface area contributed by atoms with Gasteiger partial charge in [-0.05, 0) is 24.3 Å². The summed E-state index contributed by atoms with van der Waals surface area (Å²) in [6.45, 7) is 0. The first kappa shape index (κ1) is 17.0. The summed E-state index contributed by atoms with van der Waals surface area (Å²) in [7, 11) is 1.54. The number of carbonyl (C=O) groups excluding carboxylic acids is 2. The second-order valence-electron chi connectivity index (χ2n) is 4.31. The first-order valence-electron chi connectivity index (χ1n) is 6.54. The van der Waals surface area contributed by atoms with Crippen molar-refractivity contribution in [3.63, 3.8) is 0 Å². The molecular weight excluding hydrogens is 334 g/mol. The molecule has 1 aromatic carbocycles. The van der Waals surface area contributed by atoms with Crippen molar-refractivity contribution in [2.24, 2.45) is 16.5 Å². The number of rotatable bonds is 4. The third kappa shape index (κ3) is 4.84. The van der Waals surface area contributed by atoms with Gasteiger partial charge in [0.25, 0.3) is 5.91 Å². The minimum atomic E-state index is -0.617. The van der Waals surface area contributed by atoms with E-state index in [1.165, 1.54) is 5.38 Å². The van der Waals surface area contributed by atoms with Crippen molar-refractivity contribution in [1.29, 1.82) is 0 Å². The molecule has 2 rings (SSSR count). The van der Waals surface area contributed by atoms with E-state index in [0.717, 1.165) is 11.3 Å². The molecule has 126 valence electrons. The number of benzene rings is 1. The number of methoxy groups -OCH3 is 1. The van der Waals surface area contributed by atoms with Crippen LogP contribution in [0, 0.1) is 0 Å². The summed E-state index contributed by atoms with van der Waals surface area (Å²) in [5, 5.41) is 4.24. The van der Waals surface area contributed by atoms with Gasteiger partial charge in [-0.3, -0.25) is 10.2 Å². The van der Waals surface area contributed by atoms with Gasteiger partial charge in [0.2, 0.25) is 5.13 Å². The van der Waals surface area contributed by atoms with Crippen molar-refractivity contribution in [1.82, 2.24) is 15.8 Å². The number of aromatic nitrogens is 1. The number of guanidine groups is 1. The first-order valence-corrected chi connectivity index (χ1v) is 7.42. The summed E-state index contributed by atoms with van der Waals surface area (Å²) >= 11 is 1.09. The predicted octanol–water partition coefficient (Wildman–Crippen LogP) is 0.523. The Bertz CT molecular complexity index is 753. The van der Waals surface area contributed by atoms with Gasteiger partial charge in [0, 0.05) is 11.1 Å². The van der Waals surface area contributed by atoms with Crippen molar-refractivity contribution >= 4 is 40.1 Å². The Hall–Kier alpha value is -3.34.